The summed E-state index contributed by atoms with van der Waals surface area (Å²) in [4.78, 5) is 5.14. The smallest absolute Gasteiger partial charge is 0.117 e. The maximum absolute atomic E-state index is 6.08. The molecular formula is C16H24N2O2. The van der Waals surface area contributed by atoms with E-state index in [-0.39, 0.29) is 0 Å². The summed E-state index contributed by atoms with van der Waals surface area (Å²) in [6.07, 6.45) is 6.22. The molecule has 1 aliphatic carbocycles. The normalized spacial score (nSPS) is 31.6. The van der Waals surface area contributed by atoms with E-state index in [1.165, 1.54) is 25.8 Å². The van der Waals surface area contributed by atoms with Crippen LogP contribution in [0.1, 0.15) is 25.0 Å². The van der Waals surface area contributed by atoms with Crippen LogP contribution >= 0.6 is 0 Å². The number of piperazine rings is 1. The average molecular weight is 276 g/mol. The molecule has 1 aromatic rings. The molecule has 3 aliphatic rings. The maximum atomic E-state index is 6.08. The monoisotopic (exact) mass is 276 g/mol. The highest BCUT2D eigenvalue weighted by molar-refractivity contribution is 5.00. The maximum Gasteiger partial charge on any atom is 0.117 e. The zero-order valence-electron chi connectivity index (χ0n) is 12.0. The van der Waals surface area contributed by atoms with Gasteiger partial charge in [-0.3, -0.25) is 9.80 Å². The fraction of sp³-hybridized carbons (Fsp3) is 0.750. The second-order valence-electron chi connectivity index (χ2n) is 6.60. The molecule has 3 fully saturated rings. The minimum absolute atomic E-state index is 0.476. The summed E-state index contributed by atoms with van der Waals surface area (Å²) in [6.45, 7) is 6.57. The van der Waals surface area contributed by atoms with Gasteiger partial charge in [-0.05, 0) is 37.3 Å². The number of rotatable bonds is 5. The molecule has 3 heterocycles. The van der Waals surface area contributed by atoms with Crippen molar-refractivity contribution in [2.75, 3.05) is 32.8 Å². The second kappa shape index (κ2) is 5.51. The average Bonchev–Trinajstić information content (AvgIpc) is 2.97. The lowest BCUT2D eigenvalue weighted by Gasteiger charge is -2.36. The molecular weight excluding hydrogens is 252 g/mol. The van der Waals surface area contributed by atoms with E-state index in [4.69, 9.17) is 9.15 Å². The molecule has 4 nitrogen and oxygen atoms in total. The number of fused-ring (bicyclic) bond motifs is 1. The fourth-order valence-electron chi connectivity index (χ4n) is 3.50. The Kier molecular flexibility index (Phi) is 3.54. The number of ether oxygens (including phenoxy) is 1. The molecule has 1 aromatic heterocycles. The van der Waals surface area contributed by atoms with Crippen molar-refractivity contribution in [2.45, 2.75) is 38.0 Å². The molecule has 0 bridgehead atoms. The third kappa shape index (κ3) is 2.92. The van der Waals surface area contributed by atoms with Crippen molar-refractivity contribution in [3.8, 4) is 0 Å². The van der Waals surface area contributed by atoms with Crippen molar-refractivity contribution < 1.29 is 9.15 Å². The van der Waals surface area contributed by atoms with E-state index in [2.05, 4.69) is 15.9 Å². The van der Waals surface area contributed by atoms with Gasteiger partial charge in [0.25, 0.3) is 0 Å². The molecule has 0 N–H and O–H groups in total. The highest BCUT2D eigenvalue weighted by Gasteiger charge is 2.37. The van der Waals surface area contributed by atoms with Crippen LogP contribution in [0, 0.1) is 5.92 Å². The van der Waals surface area contributed by atoms with E-state index in [1.807, 2.05) is 6.07 Å². The van der Waals surface area contributed by atoms with Gasteiger partial charge in [0.15, 0.2) is 0 Å². The summed E-state index contributed by atoms with van der Waals surface area (Å²) in [5.74, 6) is 1.96. The first-order valence-electron chi connectivity index (χ1n) is 7.97. The molecule has 4 rings (SSSR count). The lowest BCUT2D eigenvalue weighted by atomic mass is 10.1. The molecule has 20 heavy (non-hydrogen) atoms. The molecule has 2 atom stereocenters. The van der Waals surface area contributed by atoms with E-state index < -0.39 is 0 Å². The summed E-state index contributed by atoms with van der Waals surface area (Å²) in [7, 11) is 0. The van der Waals surface area contributed by atoms with Crippen LogP contribution in [0.15, 0.2) is 22.8 Å². The molecule has 4 heteroatoms. The van der Waals surface area contributed by atoms with Crippen LogP contribution in [0.25, 0.3) is 0 Å². The molecule has 1 saturated carbocycles. The van der Waals surface area contributed by atoms with Gasteiger partial charge >= 0.3 is 0 Å². The summed E-state index contributed by atoms with van der Waals surface area (Å²) in [6, 6.07) is 4.73. The lowest BCUT2D eigenvalue weighted by Crippen LogP contribution is -2.49. The third-order valence-corrected chi connectivity index (χ3v) is 4.89. The van der Waals surface area contributed by atoms with Crippen molar-refractivity contribution in [1.29, 1.82) is 0 Å². The molecule has 0 radical (unpaired) electrons. The first kappa shape index (κ1) is 12.9. The van der Waals surface area contributed by atoms with Crippen LogP contribution in [-0.4, -0.2) is 54.7 Å². The predicted octanol–water partition coefficient (Wildman–Crippen LogP) is 1.96. The van der Waals surface area contributed by atoms with Crippen LogP contribution in [0.2, 0.25) is 0 Å². The van der Waals surface area contributed by atoms with E-state index in [9.17, 15) is 0 Å². The number of furan rings is 1. The van der Waals surface area contributed by atoms with Gasteiger partial charge in [0.2, 0.25) is 0 Å². The van der Waals surface area contributed by atoms with Crippen molar-refractivity contribution in [1.82, 2.24) is 9.80 Å². The largest absolute Gasteiger partial charge is 0.468 e. The molecule has 0 spiro atoms. The Balaban J connectivity index is 1.28. The minimum atomic E-state index is 0.476. The Morgan fingerprint density at radius 3 is 3.00 bits per heavy atom. The van der Waals surface area contributed by atoms with Gasteiger partial charge in [0, 0.05) is 38.8 Å². The Morgan fingerprint density at radius 1 is 1.25 bits per heavy atom. The first-order chi connectivity index (χ1) is 9.87. The Morgan fingerprint density at radius 2 is 2.20 bits per heavy atom. The van der Waals surface area contributed by atoms with E-state index >= 15 is 0 Å². The topological polar surface area (TPSA) is 28.9 Å². The third-order valence-electron chi connectivity index (χ3n) is 4.89. The summed E-state index contributed by atoms with van der Waals surface area (Å²) in [5.41, 5.74) is 0. The molecule has 0 aromatic carbocycles. The van der Waals surface area contributed by atoms with Gasteiger partial charge in [-0.25, -0.2) is 0 Å². The molecule has 2 saturated heterocycles. The number of nitrogens with zero attached hydrogens (tertiary/aromatic N) is 2. The van der Waals surface area contributed by atoms with Crippen molar-refractivity contribution in [3.05, 3.63) is 24.2 Å². The number of hydrogen-bond acceptors (Lipinski definition) is 4. The molecule has 2 aliphatic heterocycles. The summed E-state index contributed by atoms with van der Waals surface area (Å²) < 4.78 is 11.5. The van der Waals surface area contributed by atoms with Gasteiger partial charge in [-0.2, -0.15) is 0 Å². The highest BCUT2D eigenvalue weighted by atomic mass is 16.5. The van der Waals surface area contributed by atoms with Gasteiger partial charge in [0.05, 0.1) is 18.9 Å². The van der Waals surface area contributed by atoms with Crippen LogP contribution in [0.4, 0.5) is 0 Å². The molecule has 0 amide bonds. The van der Waals surface area contributed by atoms with Crippen LogP contribution in [0.5, 0.6) is 0 Å². The Bertz CT molecular complexity index is 430. The van der Waals surface area contributed by atoms with Crippen molar-refractivity contribution >= 4 is 0 Å². The van der Waals surface area contributed by atoms with E-state index in [1.54, 1.807) is 6.26 Å². The van der Waals surface area contributed by atoms with Crippen LogP contribution < -0.4 is 0 Å². The van der Waals surface area contributed by atoms with Gasteiger partial charge < -0.3 is 9.15 Å². The zero-order valence-corrected chi connectivity index (χ0v) is 12.0. The quantitative estimate of drug-likeness (QED) is 0.822. The highest BCUT2D eigenvalue weighted by Crippen LogP contribution is 2.31. The van der Waals surface area contributed by atoms with Crippen molar-refractivity contribution in [3.63, 3.8) is 0 Å². The van der Waals surface area contributed by atoms with Crippen molar-refractivity contribution in [2.24, 2.45) is 5.92 Å². The van der Waals surface area contributed by atoms with Crippen LogP contribution in [-0.2, 0) is 11.3 Å². The standard InChI is InChI=1S/C16H24N2O2/c1-2-15(19-7-1)10-17-5-6-18-11-16(8-14(18)9-17)20-12-13-3-4-13/h1-2,7,13-14,16H,3-6,8-12H2/t14-,16+/m0/s1. The minimum Gasteiger partial charge on any atom is -0.468 e. The van der Waals surface area contributed by atoms with Gasteiger partial charge in [-0.15, -0.1) is 0 Å². The zero-order chi connectivity index (χ0) is 13.4. The molecule has 110 valence electrons. The fourth-order valence-corrected chi connectivity index (χ4v) is 3.50. The number of hydrogen-bond donors (Lipinski definition) is 0. The van der Waals surface area contributed by atoms with Gasteiger partial charge in [-0.1, -0.05) is 0 Å². The van der Waals surface area contributed by atoms with Gasteiger partial charge in [0.1, 0.15) is 5.76 Å². The van der Waals surface area contributed by atoms with E-state index in [0.717, 1.165) is 44.5 Å². The lowest BCUT2D eigenvalue weighted by molar-refractivity contribution is 0.0506. The Labute approximate surface area is 120 Å². The summed E-state index contributed by atoms with van der Waals surface area (Å²) in [5, 5.41) is 0. The van der Waals surface area contributed by atoms with Crippen LogP contribution in [0.3, 0.4) is 0 Å². The molecule has 0 unspecified atom stereocenters. The second-order valence-corrected chi connectivity index (χ2v) is 6.60. The predicted molar refractivity (Wildman–Crippen MR) is 76.4 cm³/mol. The Hall–Kier alpha value is -0.840. The van der Waals surface area contributed by atoms with E-state index in [0.29, 0.717) is 12.1 Å². The SMILES string of the molecule is c1coc(CN2CCN3C[C@H](OCC4CC4)C[C@H]3C2)c1. The first-order valence-corrected chi connectivity index (χ1v) is 7.97. The summed E-state index contributed by atoms with van der Waals surface area (Å²) >= 11 is 0.